The van der Waals surface area contributed by atoms with Gasteiger partial charge in [0.15, 0.2) is 5.13 Å². The van der Waals surface area contributed by atoms with E-state index in [0.29, 0.717) is 53.0 Å². The van der Waals surface area contributed by atoms with Crippen molar-refractivity contribution in [3.63, 3.8) is 0 Å². The number of thiazole rings is 1. The van der Waals surface area contributed by atoms with Crippen LogP contribution in [0.5, 0.6) is 0 Å². The fourth-order valence-corrected chi connectivity index (χ4v) is 5.04. The van der Waals surface area contributed by atoms with Gasteiger partial charge in [-0.25, -0.2) is 19.3 Å². The lowest BCUT2D eigenvalue weighted by molar-refractivity contribution is -0.135. The molecule has 1 aliphatic heterocycles. The molecule has 1 fully saturated rings. The topological polar surface area (TPSA) is 118 Å². The van der Waals surface area contributed by atoms with E-state index >= 15 is 0 Å². The molecule has 1 aliphatic rings. The molecule has 1 atom stereocenters. The van der Waals surface area contributed by atoms with Gasteiger partial charge in [-0.3, -0.25) is 14.6 Å². The Morgan fingerprint density at radius 2 is 2.14 bits per heavy atom. The molecule has 184 valence electrons. The number of nitrogens with zero attached hydrogens (tertiary/aromatic N) is 6. The Morgan fingerprint density at radius 3 is 2.97 bits per heavy atom. The van der Waals surface area contributed by atoms with E-state index < -0.39 is 11.9 Å². The second-order valence-corrected chi connectivity index (χ2v) is 9.22. The van der Waals surface area contributed by atoms with Crippen molar-refractivity contribution in [2.75, 3.05) is 18.4 Å². The van der Waals surface area contributed by atoms with Crippen molar-refractivity contribution >= 4 is 45.1 Å². The number of anilines is 2. The van der Waals surface area contributed by atoms with Crippen LogP contribution in [-0.2, 0) is 16.1 Å². The Kier molecular flexibility index (Phi) is 6.67. The van der Waals surface area contributed by atoms with E-state index in [2.05, 4.69) is 37.1 Å². The fraction of sp³-hybridized carbons (Fsp3) is 0.250. The molecule has 4 aromatic rings. The van der Waals surface area contributed by atoms with Crippen molar-refractivity contribution < 1.29 is 14.0 Å². The third-order valence-corrected chi connectivity index (χ3v) is 6.90. The van der Waals surface area contributed by atoms with Crippen LogP contribution in [0.15, 0.2) is 55.9 Å². The van der Waals surface area contributed by atoms with Crippen LogP contribution in [0.3, 0.4) is 0 Å². The zero-order valence-electron chi connectivity index (χ0n) is 19.2. The van der Waals surface area contributed by atoms with Crippen LogP contribution in [0, 0.1) is 5.82 Å². The minimum Gasteiger partial charge on any atom is -0.353 e. The lowest BCUT2D eigenvalue weighted by Crippen LogP contribution is -2.46. The first-order valence-corrected chi connectivity index (χ1v) is 12.2. The number of pyridine rings is 2. The molecule has 4 aromatic heterocycles. The summed E-state index contributed by atoms with van der Waals surface area (Å²) in [6, 6.07) is 2.99. The van der Waals surface area contributed by atoms with Crippen LogP contribution in [0.4, 0.5) is 15.3 Å². The van der Waals surface area contributed by atoms with E-state index in [1.54, 1.807) is 29.7 Å². The number of aromatic nitrogens is 5. The molecular formula is C24H23FN8O2S. The van der Waals surface area contributed by atoms with Gasteiger partial charge in [-0.2, -0.15) is 0 Å². The molecule has 0 spiro atoms. The lowest BCUT2D eigenvalue weighted by atomic mass is 10.2. The maximum absolute atomic E-state index is 14.0. The van der Waals surface area contributed by atoms with Gasteiger partial charge in [0.2, 0.25) is 11.8 Å². The summed E-state index contributed by atoms with van der Waals surface area (Å²) in [5.41, 5.74) is 1.99. The van der Waals surface area contributed by atoms with Gasteiger partial charge in [-0.1, -0.05) is 17.9 Å². The van der Waals surface area contributed by atoms with E-state index in [0.717, 1.165) is 11.9 Å². The number of amides is 2. The Labute approximate surface area is 209 Å². The van der Waals surface area contributed by atoms with Gasteiger partial charge in [-0.15, -0.1) is 0 Å². The van der Waals surface area contributed by atoms with Gasteiger partial charge in [-0.05, 0) is 25.0 Å². The van der Waals surface area contributed by atoms with Crippen molar-refractivity contribution in [2.45, 2.75) is 25.4 Å². The number of halogens is 1. The Hall–Kier alpha value is -4.19. The number of nitrogens with one attached hydrogen (secondary N) is 2. The van der Waals surface area contributed by atoms with Gasteiger partial charge < -0.3 is 20.1 Å². The summed E-state index contributed by atoms with van der Waals surface area (Å²) in [7, 11) is 0. The molecule has 2 amide bonds. The zero-order chi connectivity index (χ0) is 25.1. The van der Waals surface area contributed by atoms with Crippen molar-refractivity contribution in [3.8, 4) is 10.4 Å². The molecule has 0 bridgehead atoms. The summed E-state index contributed by atoms with van der Waals surface area (Å²) in [6.07, 6.45) is 10.3. The molecule has 5 rings (SSSR count). The lowest BCUT2D eigenvalue weighted by Gasteiger charge is -2.22. The number of likely N-dealkylation sites (tertiary alicyclic amines) is 1. The minimum atomic E-state index is -0.459. The molecule has 0 saturated carbocycles. The molecule has 2 N–H and O–H groups in total. The Morgan fingerprint density at radius 1 is 1.25 bits per heavy atom. The summed E-state index contributed by atoms with van der Waals surface area (Å²) in [6.45, 7) is 4.96. The predicted octanol–water partition coefficient (Wildman–Crippen LogP) is 3.13. The second-order valence-electron chi connectivity index (χ2n) is 8.19. The number of carbonyl (C=O) groups is 2. The van der Waals surface area contributed by atoms with E-state index in [9.17, 15) is 14.0 Å². The predicted molar refractivity (Wildman–Crippen MR) is 134 cm³/mol. The van der Waals surface area contributed by atoms with Crippen molar-refractivity contribution in [2.24, 2.45) is 0 Å². The number of fused-ring (bicyclic) bond motifs is 1. The first kappa shape index (κ1) is 23.5. The number of rotatable bonds is 8. The van der Waals surface area contributed by atoms with Gasteiger partial charge in [0.05, 0.1) is 29.1 Å². The molecule has 0 aromatic carbocycles. The smallest absolute Gasteiger partial charge is 0.246 e. The Bertz CT molecular complexity index is 1430. The quantitative estimate of drug-likeness (QED) is 0.353. The standard InChI is InChI=1S/C24H23FN8O2S/c1-2-22(34)33-8-3-4-18(33)23(35)27-7-9-32-14-30-17-12-28-21(10-19(17)32)31-24-29-13-20(36-24)15-5-6-26-11-16(15)25/h2,5-6,10-14,18H,1,3-4,7-9H2,(H,27,35)(H,28,29,31)/t18-/m0/s1. The van der Waals surface area contributed by atoms with Crippen molar-refractivity contribution in [1.29, 1.82) is 0 Å². The normalized spacial score (nSPS) is 15.2. The highest BCUT2D eigenvalue weighted by atomic mass is 32.1. The van der Waals surface area contributed by atoms with Crippen LogP contribution >= 0.6 is 11.3 Å². The maximum Gasteiger partial charge on any atom is 0.246 e. The number of imidazole rings is 1. The van der Waals surface area contributed by atoms with Crippen LogP contribution in [0.25, 0.3) is 21.5 Å². The highest BCUT2D eigenvalue weighted by molar-refractivity contribution is 7.18. The fourth-order valence-electron chi connectivity index (χ4n) is 4.19. The maximum atomic E-state index is 14.0. The molecular weight excluding hydrogens is 483 g/mol. The number of hydrogen-bond acceptors (Lipinski definition) is 8. The van der Waals surface area contributed by atoms with E-state index in [1.165, 1.54) is 29.8 Å². The van der Waals surface area contributed by atoms with Crippen molar-refractivity contribution in [3.05, 3.63) is 61.7 Å². The summed E-state index contributed by atoms with van der Waals surface area (Å²) in [5.74, 6) is -0.231. The summed E-state index contributed by atoms with van der Waals surface area (Å²) in [4.78, 5) is 43.7. The monoisotopic (exact) mass is 506 g/mol. The molecule has 0 aliphatic carbocycles. The first-order chi connectivity index (χ1) is 17.5. The highest BCUT2D eigenvalue weighted by Gasteiger charge is 2.32. The summed E-state index contributed by atoms with van der Waals surface area (Å²) < 4.78 is 16.0. The van der Waals surface area contributed by atoms with Crippen LogP contribution < -0.4 is 10.6 Å². The van der Waals surface area contributed by atoms with E-state index in [-0.39, 0.29) is 11.8 Å². The number of carbonyl (C=O) groups excluding carboxylic acids is 2. The Balaban J connectivity index is 1.24. The minimum absolute atomic E-state index is 0.165. The zero-order valence-corrected chi connectivity index (χ0v) is 20.0. The highest BCUT2D eigenvalue weighted by Crippen LogP contribution is 2.31. The molecule has 1 saturated heterocycles. The van der Waals surface area contributed by atoms with E-state index in [1.807, 2.05) is 10.6 Å². The van der Waals surface area contributed by atoms with Gasteiger partial charge in [0, 0.05) is 43.7 Å². The molecule has 10 nitrogen and oxygen atoms in total. The average Bonchev–Trinajstić information content (AvgIpc) is 3.64. The van der Waals surface area contributed by atoms with Crippen LogP contribution in [0.1, 0.15) is 12.8 Å². The van der Waals surface area contributed by atoms with Crippen LogP contribution in [-0.4, -0.2) is 60.3 Å². The van der Waals surface area contributed by atoms with Gasteiger partial charge in [0.1, 0.15) is 23.2 Å². The van der Waals surface area contributed by atoms with Gasteiger partial charge in [0.25, 0.3) is 0 Å². The molecule has 36 heavy (non-hydrogen) atoms. The average molecular weight is 507 g/mol. The van der Waals surface area contributed by atoms with E-state index in [4.69, 9.17) is 0 Å². The van der Waals surface area contributed by atoms with Crippen molar-refractivity contribution in [1.82, 2.24) is 34.7 Å². The summed E-state index contributed by atoms with van der Waals surface area (Å²) >= 11 is 1.31. The molecule has 12 heteroatoms. The molecule has 0 unspecified atom stereocenters. The SMILES string of the molecule is C=CC(=O)N1CCC[C@H]1C(=O)NCCn1cnc2cnc(Nc3ncc(-c4ccncc4F)s3)cc21. The second kappa shape index (κ2) is 10.2. The van der Waals surface area contributed by atoms with Crippen LogP contribution in [0.2, 0.25) is 0 Å². The molecule has 0 radical (unpaired) electrons. The molecule has 5 heterocycles. The third-order valence-electron chi connectivity index (χ3n) is 5.95. The number of hydrogen-bond donors (Lipinski definition) is 2. The van der Waals surface area contributed by atoms with Gasteiger partial charge >= 0.3 is 0 Å². The summed E-state index contributed by atoms with van der Waals surface area (Å²) in [5, 5.41) is 6.65. The third kappa shape index (κ3) is 4.80. The first-order valence-electron chi connectivity index (χ1n) is 11.4. The largest absolute Gasteiger partial charge is 0.353 e.